The Bertz CT molecular complexity index is 433. The summed E-state index contributed by atoms with van der Waals surface area (Å²) < 4.78 is 8.70. The van der Waals surface area contributed by atoms with E-state index in [4.69, 9.17) is 14.4 Å². The van der Waals surface area contributed by atoms with Gasteiger partial charge in [0, 0.05) is 17.7 Å². The molecule has 0 saturated heterocycles. The maximum Gasteiger partial charge on any atom is 0.692 e. The molecule has 4 nitrogen and oxygen atoms in total. The van der Waals surface area contributed by atoms with Gasteiger partial charge in [0.1, 0.15) is 0 Å². The van der Waals surface area contributed by atoms with Crippen molar-refractivity contribution in [3.8, 4) is 0 Å². The fourth-order valence-electron chi connectivity index (χ4n) is 1.54. The first-order valence-electron chi connectivity index (χ1n) is 5.82. The van der Waals surface area contributed by atoms with Crippen molar-refractivity contribution in [2.75, 3.05) is 0 Å². The Morgan fingerprint density at radius 1 is 0.789 bits per heavy atom. The monoisotopic (exact) mass is 278 g/mol. The first kappa shape index (κ1) is 15.5. The highest BCUT2D eigenvalue weighted by molar-refractivity contribution is 7.30. The normalized spacial score (nSPS) is 9.37. The van der Waals surface area contributed by atoms with Gasteiger partial charge in [0.2, 0.25) is 0 Å². The molecule has 2 aromatic carbocycles. The van der Waals surface area contributed by atoms with E-state index in [-0.39, 0.29) is 0 Å². The molecular weight excluding hydrogens is 261 g/mol. The molecule has 100 valence electrons. The van der Waals surface area contributed by atoms with Crippen molar-refractivity contribution < 1.29 is 14.4 Å². The molecule has 0 fully saturated rings. The maximum atomic E-state index is 8.70. The molecule has 3 N–H and O–H groups in total. The van der Waals surface area contributed by atoms with Gasteiger partial charge < -0.3 is 5.32 Å². The van der Waals surface area contributed by atoms with E-state index in [0.29, 0.717) is 0 Å². The molecule has 0 aliphatic heterocycles. The van der Waals surface area contributed by atoms with Crippen LogP contribution in [-0.2, 0) is 17.7 Å². The van der Waals surface area contributed by atoms with Crippen LogP contribution in [0.25, 0.3) is 0 Å². The first-order valence-corrected chi connectivity index (χ1v) is 6.98. The lowest BCUT2D eigenvalue weighted by Crippen LogP contribution is -2.12. The number of nitrogens with one attached hydrogen (secondary N) is 1. The molecule has 2 aromatic rings. The van der Waals surface area contributed by atoms with Crippen LogP contribution in [0.1, 0.15) is 11.1 Å². The Kier molecular flexibility index (Phi) is 7.63. The zero-order valence-corrected chi connectivity index (χ0v) is 11.3. The van der Waals surface area contributed by atoms with E-state index in [0.717, 1.165) is 13.1 Å². The van der Waals surface area contributed by atoms with Gasteiger partial charge in [0.25, 0.3) is 0 Å². The predicted molar refractivity (Wildman–Crippen MR) is 75.5 cm³/mol. The van der Waals surface area contributed by atoms with Crippen LogP contribution in [0, 0.1) is 0 Å². The number of rotatable bonds is 4. The van der Waals surface area contributed by atoms with Crippen molar-refractivity contribution >= 4 is 8.25 Å². The van der Waals surface area contributed by atoms with E-state index in [9.17, 15) is 0 Å². The lowest BCUT2D eigenvalue weighted by molar-refractivity contribution is 0.405. The highest BCUT2D eigenvalue weighted by Gasteiger charge is 1.93. The molecule has 0 spiro atoms. The number of benzene rings is 2. The second kappa shape index (κ2) is 9.36. The topological polar surface area (TPSA) is 69.6 Å². The minimum Gasteiger partial charge on any atom is -0.309 e. The Hall–Kier alpha value is -1.58. The van der Waals surface area contributed by atoms with Crippen LogP contribution in [0.4, 0.5) is 0 Å². The van der Waals surface area contributed by atoms with E-state index in [1.54, 1.807) is 0 Å². The maximum absolute atomic E-state index is 8.70. The quantitative estimate of drug-likeness (QED) is 0.752. The molecule has 0 amide bonds. The smallest absolute Gasteiger partial charge is 0.309 e. The Morgan fingerprint density at radius 3 is 1.42 bits per heavy atom. The third-order valence-electron chi connectivity index (χ3n) is 2.34. The molecule has 0 heterocycles. The highest BCUT2D eigenvalue weighted by Crippen LogP contribution is 2.00. The van der Waals surface area contributed by atoms with Crippen LogP contribution in [0.3, 0.4) is 0 Å². The van der Waals surface area contributed by atoms with Gasteiger partial charge in [0.15, 0.2) is 0 Å². The summed E-state index contributed by atoms with van der Waals surface area (Å²) in [5.41, 5.74) is 2.65. The van der Waals surface area contributed by atoms with Gasteiger partial charge in [-0.1, -0.05) is 60.7 Å². The summed E-state index contributed by atoms with van der Waals surface area (Å²) in [6.07, 6.45) is 0. The number of hydrogen-bond donors (Lipinski definition) is 3. The van der Waals surface area contributed by atoms with Gasteiger partial charge in [-0.25, -0.2) is 0 Å². The summed E-state index contributed by atoms with van der Waals surface area (Å²) in [5, 5.41) is 3.42. The third kappa shape index (κ3) is 8.19. The molecule has 0 radical (unpaired) electrons. The zero-order chi connectivity index (χ0) is 13.9. The summed E-state index contributed by atoms with van der Waals surface area (Å²) in [6, 6.07) is 20.9. The van der Waals surface area contributed by atoms with Crippen LogP contribution in [0.5, 0.6) is 0 Å². The second-order valence-electron chi connectivity index (χ2n) is 3.83. The lowest BCUT2D eigenvalue weighted by atomic mass is 10.2. The summed E-state index contributed by atoms with van der Waals surface area (Å²) in [7, 11) is -2.87. The Morgan fingerprint density at radius 2 is 1.11 bits per heavy atom. The summed E-state index contributed by atoms with van der Waals surface area (Å²) in [5.74, 6) is 0. The SMILES string of the molecule is O=[P+](O)O.c1ccc(CNCc2ccccc2)cc1. The van der Waals surface area contributed by atoms with E-state index in [1.165, 1.54) is 11.1 Å². The van der Waals surface area contributed by atoms with Gasteiger partial charge in [-0.15, -0.1) is 9.79 Å². The largest absolute Gasteiger partial charge is 0.692 e. The Labute approximate surface area is 113 Å². The van der Waals surface area contributed by atoms with Gasteiger partial charge in [-0.05, 0) is 11.1 Å². The lowest BCUT2D eigenvalue weighted by Gasteiger charge is -2.04. The molecule has 0 atom stereocenters. The third-order valence-corrected chi connectivity index (χ3v) is 2.34. The second-order valence-corrected chi connectivity index (χ2v) is 4.33. The zero-order valence-electron chi connectivity index (χ0n) is 10.4. The van der Waals surface area contributed by atoms with Gasteiger partial charge >= 0.3 is 8.25 Å². The van der Waals surface area contributed by atoms with Crippen LogP contribution in [-0.4, -0.2) is 9.79 Å². The molecule has 2 rings (SSSR count). The van der Waals surface area contributed by atoms with E-state index < -0.39 is 8.25 Å². The molecule has 0 bridgehead atoms. The summed E-state index contributed by atoms with van der Waals surface area (Å²) in [4.78, 5) is 14.2. The summed E-state index contributed by atoms with van der Waals surface area (Å²) >= 11 is 0. The van der Waals surface area contributed by atoms with E-state index in [2.05, 4.69) is 53.8 Å². The van der Waals surface area contributed by atoms with Crippen molar-refractivity contribution in [1.82, 2.24) is 5.32 Å². The Balaban J connectivity index is 0.000000399. The molecular formula is C14H17NO3P+. The average Bonchev–Trinajstić information content (AvgIpc) is 2.41. The van der Waals surface area contributed by atoms with Crippen LogP contribution in [0.15, 0.2) is 60.7 Å². The van der Waals surface area contributed by atoms with Gasteiger partial charge in [-0.3, -0.25) is 0 Å². The average molecular weight is 278 g/mol. The minimum atomic E-state index is -2.87. The van der Waals surface area contributed by atoms with E-state index in [1.807, 2.05) is 12.1 Å². The molecule has 0 aliphatic rings. The van der Waals surface area contributed by atoms with Crippen molar-refractivity contribution in [2.24, 2.45) is 0 Å². The molecule has 0 unspecified atom stereocenters. The first-order chi connectivity index (χ1) is 9.18. The molecule has 5 heteroatoms. The van der Waals surface area contributed by atoms with Crippen molar-refractivity contribution in [2.45, 2.75) is 13.1 Å². The minimum absolute atomic E-state index is 0.926. The molecule has 0 aliphatic carbocycles. The summed E-state index contributed by atoms with van der Waals surface area (Å²) in [6.45, 7) is 1.85. The number of hydrogen-bond acceptors (Lipinski definition) is 2. The van der Waals surface area contributed by atoms with Crippen molar-refractivity contribution in [3.63, 3.8) is 0 Å². The van der Waals surface area contributed by atoms with Crippen molar-refractivity contribution in [3.05, 3.63) is 71.8 Å². The predicted octanol–water partition coefficient (Wildman–Crippen LogP) is 2.60. The fourth-order valence-corrected chi connectivity index (χ4v) is 1.54. The highest BCUT2D eigenvalue weighted by atomic mass is 31.1. The molecule has 0 saturated carbocycles. The fraction of sp³-hybridized carbons (Fsp3) is 0.143. The van der Waals surface area contributed by atoms with Crippen LogP contribution < -0.4 is 5.32 Å². The van der Waals surface area contributed by atoms with Crippen molar-refractivity contribution in [1.29, 1.82) is 0 Å². The van der Waals surface area contributed by atoms with Crippen LogP contribution in [0.2, 0.25) is 0 Å². The van der Waals surface area contributed by atoms with Crippen LogP contribution >= 0.6 is 8.25 Å². The van der Waals surface area contributed by atoms with E-state index >= 15 is 0 Å². The van der Waals surface area contributed by atoms with Gasteiger partial charge in [0.05, 0.1) is 0 Å². The molecule has 0 aromatic heterocycles. The van der Waals surface area contributed by atoms with Gasteiger partial charge in [-0.2, -0.15) is 0 Å². The standard InChI is InChI=1S/C14H15N.HO3P/c1-3-7-13(8-4-1)11-15-12-14-9-5-2-6-10-14;1-4(2)3/h1-10,15H,11-12H2;(H-,1,2,3)/p+1. The molecule has 19 heavy (non-hydrogen) atoms.